The number of ether oxygens (including phenoxy) is 2. The molecule has 3 aromatic rings. The molecule has 3 rings (SSSR count). The lowest BCUT2D eigenvalue weighted by molar-refractivity contribution is 0.0950. The van der Waals surface area contributed by atoms with Crippen molar-refractivity contribution >= 4 is 27.5 Å². The second-order valence-corrected chi connectivity index (χ2v) is 9.95. The molecular weight excluding hydrogens is 476 g/mol. The van der Waals surface area contributed by atoms with E-state index in [1.165, 1.54) is 35.6 Å². The van der Waals surface area contributed by atoms with Crippen molar-refractivity contribution < 1.29 is 22.7 Å². The van der Waals surface area contributed by atoms with Crippen molar-refractivity contribution in [3.05, 3.63) is 88.4 Å². The van der Waals surface area contributed by atoms with Crippen molar-refractivity contribution in [3.8, 4) is 11.5 Å². The van der Waals surface area contributed by atoms with Crippen LogP contribution < -0.4 is 14.8 Å². The molecule has 9 heteroatoms. The number of rotatable bonds is 10. The van der Waals surface area contributed by atoms with E-state index < -0.39 is 10.0 Å². The first kappa shape index (κ1) is 25.6. The van der Waals surface area contributed by atoms with Crippen LogP contribution >= 0.6 is 11.6 Å². The number of para-hydroxylation sites is 1. The third-order valence-electron chi connectivity index (χ3n) is 5.17. The van der Waals surface area contributed by atoms with Gasteiger partial charge in [-0.2, -0.15) is 4.31 Å². The summed E-state index contributed by atoms with van der Waals surface area (Å²) >= 11 is 5.89. The summed E-state index contributed by atoms with van der Waals surface area (Å²) in [4.78, 5) is 13.0. The van der Waals surface area contributed by atoms with Gasteiger partial charge < -0.3 is 14.8 Å². The molecule has 180 valence electrons. The van der Waals surface area contributed by atoms with Gasteiger partial charge in [0.05, 0.1) is 18.6 Å². The summed E-state index contributed by atoms with van der Waals surface area (Å²) in [6.45, 7) is 2.55. The van der Waals surface area contributed by atoms with Crippen LogP contribution in [-0.4, -0.2) is 39.4 Å². The molecule has 0 atom stereocenters. The van der Waals surface area contributed by atoms with Gasteiger partial charge >= 0.3 is 0 Å². The Morgan fingerprint density at radius 3 is 2.38 bits per heavy atom. The van der Waals surface area contributed by atoms with Crippen molar-refractivity contribution in [1.82, 2.24) is 9.62 Å². The predicted molar refractivity (Wildman–Crippen MR) is 132 cm³/mol. The zero-order valence-corrected chi connectivity index (χ0v) is 20.8. The molecule has 0 aromatic heterocycles. The molecule has 0 saturated heterocycles. The molecule has 0 bridgehead atoms. The molecule has 1 N–H and O–H groups in total. The van der Waals surface area contributed by atoms with Crippen LogP contribution in [0.2, 0.25) is 5.02 Å². The van der Waals surface area contributed by atoms with Gasteiger partial charge in [-0.15, -0.1) is 0 Å². The Morgan fingerprint density at radius 1 is 1.00 bits per heavy atom. The molecule has 0 fully saturated rings. The van der Waals surface area contributed by atoms with Gasteiger partial charge in [-0.1, -0.05) is 29.8 Å². The zero-order chi connectivity index (χ0) is 24.7. The number of amides is 1. The highest BCUT2D eigenvalue weighted by atomic mass is 35.5. The van der Waals surface area contributed by atoms with Crippen LogP contribution in [0.5, 0.6) is 11.5 Å². The molecule has 0 radical (unpaired) electrons. The minimum absolute atomic E-state index is 0.0217. The summed E-state index contributed by atoms with van der Waals surface area (Å²) in [5.74, 6) is 0.907. The highest BCUT2D eigenvalue weighted by Crippen LogP contribution is 2.25. The highest BCUT2D eigenvalue weighted by Gasteiger charge is 2.23. The maximum absolute atomic E-state index is 13.0. The standard InChI is InChI=1S/C25H27ClN2O5S/c1-4-33-24-14-9-18(25(29)27-16-19-7-5-6-8-23(19)32-3)15-20(24)17-28(2)34(30,31)22-12-10-21(26)11-13-22/h5-15H,4,16-17H2,1-3H3,(H,27,29). The van der Waals surface area contributed by atoms with E-state index in [0.29, 0.717) is 34.3 Å². The van der Waals surface area contributed by atoms with Gasteiger partial charge in [-0.25, -0.2) is 8.42 Å². The van der Waals surface area contributed by atoms with Crippen LogP contribution in [0.1, 0.15) is 28.4 Å². The van der Waals surface area contributed by atoms with Gasteiger partial charge in [0, 0.05) is 41.9 Å². The largest absolute Gasteiger partial charge is 0.496 e. The van der Waals surface area contributed by atoms with Crippen LogP contribution in [0.25, 0.3) is 0 Å². The van der Waals surface area contributed by atoms with Crippen molar-refractivity contribution in [2.24, 2.45) is 0 Å². The normalized spacial score (nSPS) is 11.3. The lowest BCUT2D eigenvalue weighted by Crippen LogP contribution is -2.27. The number of carbonyl (C=O) groups excluding carboxylic acids is 1. The average Bonchev–Trinajstić information content (AvgIpc) is 2.84. The third-order valence-corrected chi connectivity index (χ3v) is 7.24. The van der Waals surface area contributed by atoms with Crippen LogP contribution in [0.4, 0.5) is 0 Å². The molecule has 7 nitrogen and oxygen atoms in total. The summed E-state index contributed by atoms with van der Waals surface area (Å²) in [6, 6.07) is 18.4. The van der Waals surface area contributed by atoms with E-state index in [0.717, 1.165) is 5.56 Å². The van der Waals surface area contributed by atoms with E-state index >= 15 is 0 Å². The number of hydrogen-bond donors (Lipinski definition) is 1. The number of nitrogens with zero attached hydrogens (tertiary/aromatic N) is 1. The van der Waals surface area contributed by atoms with Gasteiger partial charge in [-0.05, 0) is 55.5 Å². The molecule has 0 unspecified atom stereocenters. The van der Waals surface area contributed by atoms with Crippen LogP contribution in [0.15, 0.2) is 71.6 Å². The number of sulfonamides is 1. The number of carbonyl (C=O) groups is 1. The molecule has 0 saturated carbocycles. The van der Waals surface area contributed by atoms with Crippen LogP contribution in [-0.2, 0) is 23.1 Å². The Hall–Kier alpha value is -3.07. The van der Waals surface area contributed by atoms with Crippen LogP contribution in [0, 0.1) is 0 Å². The molecular formula is C25H27ClN2O5S. The van der Waals surface area contributed by atoms with E-state index in [2.05, 4.69) is 5.32 Å². The number of nitrogens with one attached hydrogen (secondary N) is 1. The molecule has 0 aliphatic heterocycles. The average molecular weight is 503 g/mol. The SMILES string of the molecule is CCOc1ccc(C(=O)NCc2ccccc2OC)cc1CN(C)S(=O)(=O)c1ccc(Cl)cc1. The number of hydrogen-bond acceptors (Lipinski definition) is 5. The molecule has 0 heterocycles. The van der Waals surface area contributed by atoms with Crippen molar-refractivity contribution in [2.45, 2.75) is 24.9 Å². The Balaban J connectivity index is 1.81. The Labute approximate surface area is 205 Å². The lowest BCUT2D eigenvalue weighted by atomic mass is 10.1. The second kappa shape index (κ2) is 11.4. The van der Waals surface area contributed by atoms with Gasteiger partial charge in [-0.3, -0.25) is 4.79 Å². The summed E-state index contributed by atoms with van der Waals surface area (Å²) < 4.78 is 38.2. The minimum atomic E-state index is -3.77. The Morgan fingerprint density at radius 2 is 1.71 bits per heavy atom. The molecule has 0 aliphatic carbocycles. The Kier molecular flexibility index (Phi) is 8.55. The number of methoxy groups -OCH3 is 1. The summed E-state index contributed by atoms with van der Waals surface area (Å²) in [5, 5.41) is 3.33. The molecule has 3 aromatic carbocycles. The lowest BCUT2D eigenvalue weighted by Gasteiger charge is -2.20. The fourth-order valence-corrected chi connectivity index (χ4v) is 4.65. The predicted octanol–water partition coefficient (Wildman–Crippen LogP) is 4.50. The zero-order valence-electron chi connectivity index (χ0n) is 19.2. The van der Waals surface area contributed by atoms with Crippen molar-refractivity contribution in [2.75, 3.05) is 20.8 Å². The van der Waals surface area contributed by atoms with E-state index in [1.54, 1.807) is 25.3 Å². The first-order chi connectivity index (χ1) is 16.3. The minimum Gasteiger partial charge on any atom is -0.496 e. The topological polar surface area (TPSA) is 84.9 Å². The fraction of sp³-hybridized carbons (Fsp3) is 0.240. The molecule has 34 heavy (non-hydrogen) atoms. The maximum Gasteiger partial charge on any atom is 0.251 e. The summed E-state index contributed by atoms with van der Waals surface area (Å²) in [5.41, 5.74) is 1.82. The van der Waals surface area contributed by atoms with E-state index in [4.69, 9.17) is 21.1 Å². The molecule has 0 aliphatic rings. The van der Waals surface area contributed by atoms with Crippen molar-refractivity contribution in [3.63, 3.8) is 0 Å². The third kappa shape index (κ3) is 6.08. The van der Waals surface area contributed by atoms with Crippen molar-refractivity contribution in [1.29, 1.82) is 0 Å². The smallest absolute Gasteiger partial charge is 0.251 e. The summed E-state index contributed by atoms with van der Waals surface area (Å²) in [7, 11) is -0.710. The van der Waals surface area contributed by atoms with Gasteiger partial charge in [0.15, 0.2) is 0 Å². The maximum atomic E-state index is 13.0. The van der Waals surface area contributed by atoms with E-state index in [-0.39, 0.29) is 23.9 Å². The fourth-order valence-electron chi connectivity index (χ4n) is 3.38. The first-order valence-corrected chi connectivity index (χ1v) is 12.5. The van der Waals surface area contributed by atoms with Gasteiger partial charge in [0.2, 0.25) is 10.0 Å². The summed E-state index contributed by atoms with van der Waals surface area (Å²) in [6.07, 6.45) is 0. The second-order valence-electron chi connectivity index (χ2n) is 7.47. The molecule has 0 spiro atoms. The number of halogens is 1. The number of benzene rings is 3. The van der Waals surface area contributed by atoms with Gasteiger partial charge in [0.1, 0.15) is 11.5 Å². The molecule has 1 amide bonds. The van der Waals surface area contributed by atoms with E-state index in [9.17, 15) is 13.2 Å². The monoisotopic (exact) mass is 502 g/mol. The quantitative estimate of drug-likeness (QED) is 0.441. The highest BCUT2D eigenvalue weighted by molar-refractivity contribution is 7.89. The van der Waals surface area contributed by atoms with Crippen LogP contribution in [0.3, 0.4) is 0 Å². The Bertz CT molecular complexity index is 1250. The van der Waals surface area contributed by atoms with E-state index in [1.807, 2.05) is 31.2 Å². The first-order valence-electron chi connectivity index (χ1n) is 10.6. The van der Waals surface area contributed by atoms with Gasteiger partial charge in [0.25, 0.3) is 5.91 Å².